The van der Waals surface area contributed by atoms with Gasteiger partial charge in [-0.2, -0.15) is 0 Å². The summed E-state index contributed by atoms with van der Waals surface area (Å²) in [6.07, 6.45) is 1.74. The first-order valence-corrected chi connectivity index (χ1v) is 8.18. The standard InChI is InChI=1S/C19H19F2NO3/c20-15-5-2-6-16(21)19(15)17(23)10-22-18(24)11-25-14-8-7-12-3-1-4-13(12)9-14/h2,5-9,17,23H,1,3-4,10-11H2,(H,22,24). The van der Waals surface area contributed by atoms with Gasteiger partial charge in [0.05, 0.1) is 5.56 Å². The van der Waals surface area contributed by atoms with Crippen molar-refractivity contribution < 1.29 is 23.4 Å². The molecule has 3 rings (SSSR count). The van der Waals surface area contributed by atoms with E-state index in [4.69, 9.17) is 4.74 Å². The highest BCUT2D eigenvalue weighted by Crippen LogP contribution is 2.26. The van der Waals surface area contributed by atoms with E-state index in [9.17, 15) is 18.7 Å². The Labute approximate surface area is 144 Å². The lowest BCUT2D eigenvalue weighted by Gasteiger charge is -2.14. The number of carbonyl (C=O) groups excluding carboxylic acids is 1. The third kappa shape index (κ3) is 4.14. The Hall–Kier alpha value is -2.47. The van der Waals surface area contributed by atoms with Gasteiger partial charge in [0, 0.05) is 6.54 Å². The summed E-state index contributed by atoms with van der Waals surface area (Å²) in [5, 5.41) is 12.3. The van der Waals surface area contributed by atoms with Crippen LogP contribution in [-0.2, 0) is 17.6 Å². The number of halogens is 2. The lowest BCUT2D eigenvalue weighted by Crippen LogP contribution is -2.33. The van der Waals surface area contributed by atoms with E-state index in [0.29, 0.717) is 5.75 Å². The van der Waals surface area contributed by atoms with Gasteiger partial charge < -0.3 is 15.2 Å². The second kappa shape index (κ2) is 7.61. The number of carbonyl (C=O) groups is 1. The van der Waals surface area contributed by atoms with Gasteiger partial charge in [0.15, 0.2) is 6.61 Å². The number of aliphatic hydroxyl groups is 1. The van der Waals surface area contributed by atoms with Crippen molar-refractivity contribution in [3.63, 3.8) is 0 Å². The SMILES string of the molecule is O=C(COc1ccc2c(c1)CCC2)NCC(O)c1c(F)cccc1F. The van der Waals surface area contributed by atoms with Gasteiger partial charge in [-0.3, -0.25) is 4.79 Å². The zero-order valence-electron chi connectivity index (χ0n) is 13.6. The quantitative estimate of drug-likeness (QED) is 0.845. The van der Waals surface area contributed by atoms with Crippen molar-refractivity contribution in [2.45, 2.75) is 25.4 Å². The minimum Gasteiger partial charge on any atom is -0.484 e. The van der Waals surface area contributed by atoms with Gasteiger partial charge in [-0.25, -0.2) is 8.78 Å². The molecule has 132 valence electrons. The molecule has 1 aliphatic rings. The molecule has 0 aliphatic heterocycles. The number of aryl methyl sites for hydroxylation is 2. The molecule has 2 N–H and O–H groups in total. The van der Waals surface area contributed by atoms with Gasteiger partial charge in [0.25, 0.3) is 5.91 Å². The van der Waals surface area contributed by atoms with Crippen molar-refractivity contribution in [2.24, 2.45) is 0 Å². The van der Waals surface area contributed by atoms with E-state index in [1.165, 1.54) is 17.2 Å². The van der Waals surface area contributed by atoms with Crippen molar-refractivity contribution >= 4 is 5.91 Å². The number of amides is 1. The molecule has 1 atom stereocenters. The Bertz CT molecular complexity index is 759. The number of aliphatic hydroxyl groups excluding tert-OH is 1. The molecular formula is C19H19F2NO3. The van der Waals surface area contributed by atoms with E-state index < -0.39 is 29.2 Å². The van der Waals surface area contributed by atoms with Crippen LogP contribution in [0.15, 0.2) is 36.4 Å². The van der Waals surface area contributed by atoms with Crippen molar-refractivity contribution in [3.8, 4) is 5.75 Å². The van der Waals surface area contributed by atoms with Crippen LogP contribution in [0.25, 0.3) is 0 Å². The second-order valence-corrected chi connectivity index (χ2v) is 6.03. The summed E-state index contributed by atoms with van der Waals surface area (Å²) in [5.41, 5.74) is 2.09. The monoisotopic (exact) mass is 347 g/mol. The van der Waals surface area contributed by atoms with Crippen molar-refractivity contribution in [3.05, 3.63) is 64.7 Å². The maximum absolute atomic E-state index is 13.6. The van der Waals surface area contributed by atoms with E-state index in [2.05, 4.69) is 5.32 Å². The molecule has 1 amide bonds. The van der Waals surface area contributed by atoms with Crippen molar-refractivity contribution in [1.82, 2.24) is 5.32 Å². The molecule has 2 aromatic rings. The van der Waals surface area contributed by atoms with Crippen LogP contribution in [-0.4, -0.2) is 24.2 Å². The van der Waals surface area contributed by atoms with Crippen LogP contribution in [0.2, 0.25) is 0 Å². The summed E-state index contributed by atoms with van der Waals surface area (Å²) in [7, 11) is 0. The highest BCUT2D eigenvalue weighted by atomic mass is 19.1. The van der Waals surface area contributed by atoms with Crippen molar-refractivity contribution in [1.29, 1.82) is 0 Å². The van der Waals surface area contributed by atoms with Gasteiger partial charge >= 0.3 is 0 Å². The highest BCUT2D eigenvalue weighted by molar-refractivity contribution is 5.77. The average molecular weight is 347 g/mol. The number of nitrogens with one attached hydrogen (secondary N) is 1. The Kier molecular flexibility index (Phi) is 5.28. The molecular weight excluding hydrogens is 328 g/mol. The Morgan fingerprint density at radius 3 is 2.64 bits per heavy atom. The molecule has 1 unspecified atom stereocenters. The van der Waals surface area contributed by atoms with Gasteiger partial charge in [-0.15, -0.1) is 0 Å². The van der Waals surface area contributed by atoms with Gasteiger partial charge in [-0.1, -0.05) is 12.1 Å². The summed E-state index contributed by atoms with van der Waals surface area (Å²) in [5.74, 6) is -1.57. The Balaban J connectivity index is 1.50. The Morgan fingerprint density at radius 1 is 1.16 bits per heavy atom. The topological polar surface area (TPSA) is 58.6 Å². The minimum absolute atomic E-state index is 0.231. The predicted molar refractivity (Wildman–Crippen MR) is 88.3 cm³/mol. The lowest BCUT2D eigenvalue weighted by atomic mass is 10.1. The van der Waals surface area contributed by atoms with E-state index in [0.717, 1.165) is 31.4 Å². The summed E-state index contributed by atoms with van der Waals surface area (Å²) in [4.78, 5) is 11.8. The van der Waals surface area contributed by atoms with Crippen LogP contribution in [0.4, 0.5) is 8.78 Å². The number of ether oxygens (including phenoxy) is 1. The van der Waals surface area contributed by atoms with Crippen LogP contribution in [0.3, 0.4) is 0 Å². The molecule has 6 heteroatoms. The molecule has 0 aromatic heterocycles. The normalized spacial score (nSPS) is 14.0. The largest absolute Gasteiger partial charge is 0.484 e. The molecule has 4 nitrogen and oxygen atoms in total. The molecule has 1 aliphatic carbocycles. The van der Waals surface area contributed by atoms with E-state index in [1.807, 2.05) is 18.2 Å². The predicted octanol–water partition coefficient (Wildman–Crippen LogP) is 2.68. The van der Waals surface area contributed by atoms with Gasteiger partial charge in [0.2, 0.25) is 0 Å². The molecule has 0 saturated carbocycles. The fraction of sp³-hybridized carbons (Fsp3) is 0.316. The summed E-state index contributed by atoms with van der Waals surface area (Å²) >= 11 is 0. The first-order chi connectivity index (χ1) is 12.0. The zero-order chi connectivity index (χ0) is 17.8. The molecule has 2 aromatic carbocycles. The molecule has 0 spiro atoms. The molecule has 0 fully saturated rings. The highest BCUT2D eigenvalue weighted by Gasteiger charge is 2.18. The molecule has 0 radical (unpaired) electrons. The number of rotatable bonds is 6. The Morgan fingerprint density at radius 2 is 1.88 bits per heavy atom. The third-order valence-corrected chi connectivity index (χ3v) is 4.27. The third-order valence-electron chi connectivity index (χ3n) is 4.27. The summed E-state index contributed by atoms with van der Waals surface area (Å²) < 4.78 is 32.6. The molecule has 25 heavy (non-hydrogen) atoms. The van der Waals surface area contributed by atoms with Crippen LogP contribution < -0.4 is 10.1 Å². The zero-order valence-corrected chi connectivity index (χ0v) is 13.6. The number of fused-ring (bicyclic) bond motifs is 1. The van der Waals surface area contributed by atoms with E-state index in [-0.39, 0.29) is 13.2 Å². The van der Waals surface area contributed by atoms with Crippen LogP contribution in [0.5, 0.6) is 5.75 Å². The van der Waals surface area contributed by atoms with Crippen LogP contribution in [0.1, 0.15) is 29.2 Å². The van der Waals surface area contributed by atoms with Gasteiger partial charge in [-0.05, 0) is 54.7 Å². The minimum atomic E-state index is -1.47. The fourth-order valence-electron chi connectivity index (χ4n) is 2.98. The van der Waals surface area contributed by atoms with Crippen LogP contribution >= 0.6 is 0 Å². The smallest absolute Gasteiger partial charge is 0.258 e. The first kappa shape index (κ1) is 17.4. The molecule has 0 bridgehead atoms. The second-order valence-electron chi connectivity index (χ2n) is 6.03. The number of hydrogen-bond donors (Lipinski definition) is 2. The average Bonchev–Trinajstić information content (AvgIpc) is 3.05. The number of hydrogen-bond acceptors (Lipinski definition) is 3. The van der Waals surface area contributed by atoms with Gasteiger partial charge in [0.1, 0.15) is 23.5 Å². The maximum atomic E-state index is 13.6. The first-order valence-electron chi connectivity index (χ1n) is 8.18. The number of benzene rings is 2. The van der Waals surface area contributed by atoms with E-state index >= 15 is 0 Å². The molecule has 0 heterocycles. The molecule has 0 saturated heterocycles. The summed E-state index contributed by atoms with van der Waals surface area (Å²) in [6, 6.07) is 9.07. The van der Waals surface area contributed by atoms with Crippen LogP contribution in [0, 0.1) is 11.6 Å². The summed E-state index contributed by atoms with van der Waals surface area (Å²) in [6.45, 7) is -0.532. The van der Waals surface area contributed by atoms with Crippen molar-refractivity contribution in [2.75, 3.05) is 13.2 Å². The fourth-order valence-corrected chi connectivity index (χ4v) is 2.98. The lowest BCUT2D eigenvalue weighted by molar-refractivity contribution is -0.123. The maximum Gasteiger partial charge on any atom is 0.258 e. The van der Waals surface area contributed by atoms with E-state index in [1.54, 1.807) is 0 Å².